The summed E-state index contributed by atoms with van der Waals surface area (Å²) >= 11 is 0. The number of alkyl halides is 3. The largest absolute Gasteiger partial charge is 0.419 e. The van der Waals surface area contributed by atoms with Crippen LogP contribution in [0.3, 0.4) is 0 Å². The van der Waals surface area contributed by atoms with Crippen LogP contribution < -0.4 is 5.73 Å². The zero-order valence-corrected chi connectivity index (χ0v) is 12.2. The maximum absolute atomic E-state index is 13.4. The Hall–Kier alpha value is -0.900. The van der Waals surface area contributed by atoms with Crippen molar-refractivity contribution in [1.82, 2.24) is 4.31 Å². The molecular weight excluding hydrogens is 336 g/mol. The van der Waals surface area contributed by atoms with E-state index in [1.165, 1.54) is 0 Å². The number of hydrogen-bond donors (Lipinski definition) is 1. The lowest BCUT2D eigenvalue weighted by molar-refractivity contribution is -0.140. The Bertz CT molecular complexity index is 621. The molecule has 120 valence electrons. The molecule has 1 atom stereocenters. The van der Waals surface area contributed by atoms with Crippen molar-refractivity contribution < 1.29 is 26.0 Å². The average molecular weight is 349 g/mol. The molecule has 0 unspecified atom stereocenters. The van der Waals surface area contributed by atoms with Gasteiger partial charge in [0.15, 0.2) is 0 Å². The Kier molecular flexibility index (Phi) is 5.25. The summed E-state index contributed by atoms with van der Waals surface area (Å²) in [5.74, 6) is -1.61. The molecule has 0 aromatic heterocycles. The highest BCUT2D eigenvalue weighted by Gasteiger charge is 2.36. The molecule has 10 heteroatoms. The van der Waals surface area contributed by atoms with Crippen LogP contribution in [0, 0.1) is 5.82 Å². The number of halogens is 5. The van der Waals surface area contributed by atoms with Crippen molar-refractivity contribution in [2.24, 2.45) is 5.73 Å². The molecule has 0 amide bonds. The molecule has 21 heavy (non-hydrogen) atoms. The highest BCUT2D eigenvalue weighted by molar-refractivity contribution is 7.89. The number of benzene rings is 1. The molecular formula is C11H13ClF4N2O2S. The quantitative estimate of drug-likeness (QED) is 0.831. The Morgan fingerprint density at radius 1 is 1.29 bits per heavy atom. The second-order valence-electron chi connectivity index (χ2n) is 4.55. The van der Waals surface area contributed by atoms with E-state index >= 15 is 0 Å². The summed E-state index contributed by atoms with van der Waals surface area (Å²) in [5.41, 5.74) is 4.09. The third-order valence-electron chi connectivity index (χ3n) is 3.07. The predicted molar refractivity (Wildman–Crippen MR) is 70.0 cm³/mol. The van der Waals surface area contributed by atoms with E-state index in [-0.39, 0.29) is 31.5 Å². The second kappa shape index (κ2) is 6.07. The molecule has 1 aromatic rings. The highest BCUT2D eigenvalue weighted by atomic mass is 35.5. The molecule has 1 fully saturated rings. The van der Waals surface area contributed by atoms with E-state index < -0.39 is 32.5 Å². The summed E-state index contributed by atoms with van der Waals surface area (Å²) in [4.78, 5) is -0.503. The first-order valence-electron chi connectivity index (χ1n) is 5.75. The number of sulfonamides is 1. The van der Waals surface area contributed by atoms with Gasteiger partial charge in [-0.3, -0.25) is 0 Å². The van der Waals surface area contributed by atoms with Crippen molar-refractivity contribution in [3.8, 4) is 0 Å². The van der Waals surface area contributed by atoms with Gasteiger partial charge in [0.2, 0.25) is 10.0 Å². The zero-order valence-electron chi connectivity index (χ0n) is 10.6. The lowest BCUT2D eigenvalue weighted by Crippen LogP contribution is -2.32. The zero-order chi connectivity index (χ0) is 15.1. The average Bonchev–Trinajstić information content (AvgIpc) is 2.74. The molecule has 1 aliphatic rings. The number of nitrogens with two attached hydrogens (primary N) is 1. The first kappa shape index (κ1) is 18.1. The van der Waals surface area contributed by atoms with Gasteiger partial charge < -0.3 is 5.73 Å². The van der Waals surface area contributed by atoms with Gasteiger partial charge in [0.05, 0.1) is 10.5 Å². The molecule has 0 radical (unpaired) electrons. The Balaban J connectivity index is 0.00000220. The molecule has 2 rings (SSSR count). The van der Waals surface area contributed by atoms with Crippen LogP contribution in [0.25, 0.3) is 0 Å². The number of hydrogen-bond acceptors (Lipinski definition) is 3. The maximum atomic E-state index is 13.4. The van der Waals surface area contributed by atoms with Crippen molar-refractivity contribution in [2.45, 2.75) is 23.5 Å². The molecule has 4 nitrogen and oxygen atoms in total. The predicted octanol–water partition coefficient (Wildman–Crippen LogP) is 1.99. The Morgan fingerprint density at radius 2 is 1.90 bits per heavy atom. The van der Waals surface area contributed by atoms with Crippen LogP contribution >= 0.6 is 12.4 Å². The second-order valence-corrected chi connectivity index (χ2v) is 6.49. The lowest BCUT2D eigenvalue weighted by Gasteiger charge is -2.16. The maximum Gasteiger partial charge on any atom is 0.419 e. The van der Waals surface area contributed by atoms with E-state index in [0.717, 1.165) is 10.4 Å². The van der Waals surface area contributed by atoms with E-state index in [1.54, 1.807) is 0 Å². The van der Waals surface area contributed by atoms with Gasteiger partial charge in [-0.1, -0.05) is 0 Å². The fourth-order valence-corrected chi connectivity index (χ4v) is 3.53. The molecule has 1 heterocycles. The summed E-state index contributed by atoms with van der Waals surface area (Å²) in [7, 11) is -4.01. The van der Waals surface area contributed by atoms with E-state index in [0.29, 0.717) is 18.6 Å². The van der Waals surface area contributed by atoms with E-state index in [1.807, 2.05) is 0 Å². The van der Waals surface area contributed by atoms with Gasteiger partial charge in [-0.15, -0.1) is 12.4 Å². The minimum absolute atomic E-state index is 0. The van der Waals surface area contributed by atoms with Gasteiger partial charge in [0.1, 0.15) is 5.82 Å². The van der Waals surface area contributed by atoms with Gasteiger partial charge in [-0.2, -0.15) is 17.5 Å². The van der Waals surface area contributed by atoms with Crippen LogP contribution in [0.5, 0.6) is 0 Å². The molecule has 0 bridgehead atoms. The third-order valence-corrected chi connectivity index (χ3v) is 4.93. The first-order chi connectivity index (χ1) is 9.12. The van der Waals surface area contributed by atoms with E-state index in [2.05, 4.69) is 0 Å². The topological polar surface area (TPSA) is 63.4 Å². The van der Waals surface area contributed by atoms with Gasteiger partial charge in [-0.25, -0.2) is 12.8 Å². The standard InChI is InChI=1S/C11H12F4N2O2S.ClH/c12-10-5-8(1-2-9(10)11(13,14)15)20(18,19)17-4-3-7(16)6-17;/h1-2,5,7H,3-4,6,16H2;1H/t7-;/m1./s1. The van der Waals surface area contributed by atoms with Gasteiger partial charge >= 0.3 is 6.18 Å². The monoisotopic (exact) mass is 348 g/mol. The minimum Gasteiger partial charge on any atom is -0.326 e. The fraction of sp³-hybridized carbons (Fsp3) is 0.455. The van der Waals surface area contributed by atoms with Crippen LogP contribution in [0.1, 0.15) is 12.0 Å². The van der Waals surface area contributed by atoms with Crippen molar-refractivity contribution >= 4 is 22.4 Å². The lowest BCUT2D eigenvalue weighted by atomic mass is 10.2. The molecule has 0 aliphatic carbocycles. The summed E-state index contributed by atoms with van der Waals surface area (Å²) in [6, 6.07) is 1.26. The highest BCUT2D eigenvalue weighted by Crippen LogP contribution is 2.33. The fourth-order valence-electron chi connectivity index (χ4n) is 2.01. The normalized spacial score (nSPS) is 20.3. The molecule has 0 spiro atoms. The van der Waals surface area contributed by atoms with Crippen LogP contribution in [0.4, 0.5) is 17.6 Å². The molecule has 1 aliphatic heterocycles. The summed E-state index contributed by atoms with van der Waals surface area (Å²) in [6.45, 7) is 0.247. The molecule has 2 N–H and O–H groups in total. The Labute approximate surface area is 125 Å². The van der Waals surface area contributed by atoms with Crippen LogP contribution in [-0.2, 0) is 16.2 Å². The third kappa shape index (κ3) is 3.65. The van der Waals surface area contributed by atoms with Crippen LogP contribution in [-0.4, -0.2) is 31.9 Å². The SMILES string of the molecule is Cl.N[C@@H]1CCN(S(=O)(=O)c2ccc(C(F)(F)F)c(F)c2)C1. The number of rotatable bonds is 2. The molecule has 0 saturated carbocycles. The van der Waals surface area contributed by atoms with Gasteiger partial charge in [0.25, 0.3) is 0 Å². The van der Waals surface area contributed by atoms with Crippen LogP contribution in [0.2, 0.25) is 0 Å². The van der Waals surface area contributed by atoms with Gasteiger partial charge in [-0.05, 0) is 24.6 Å². The Morgan fingerprint density at radius 3 is 2.33 bits per heavy atom. The minimum atomic E-state index is -4.86. The van der Waals surface area contributed by atoms with Crippen molar-refractivity contribution in [2.75, 3.05) is 13.1 Å². The molecule has 1 aromatic carbocycles. The summed E-state index contributed by atoms with van der Waals surface area (Å²) in [6.07, 6.45) is -4.40. The van der Waals surface area contributed by atoms with Gasteiger partial charge in [0, 0.05) is 19.1 Å². The summed E-state index contributed by atoms with van der Waals surface area (Å²) in [5, 5.41) is 0. The smallest absolute Gasteiger partial charge is 0.326 e. The van der Waals surface area contributed by atoms with Crippen LogP contribution in [0.15, 0.2) is 23.1 Å². The van der Waals surface area contributed by atoms with Crippen molar-refractivity contribution in [3.63, 3.8) is 0 Å². The first-order valence-corrected chi connectivity index (χ1v) is 7.19. The van der Waals surface area contributed by atoms with E-state index in [9.17, 15) is 26.0 Å². The molecule has 1 saturated heterocycles. The van der Waals surface area contributed by atoms with Crippen molar-refractivity contribution in [1.29, 1.82) is 0 Å². The number of nitrogens with zero attached hydrogens (tertiary/aromatic N) is 1. The summed E-state index contributed by atoms with van der Waals surface area (Å²) < 4.78 is 75.9. The van der Waals surface area contributed by atoms with Crippen molar-refractivity contribution in [3.05, 3.63) is 29.6 Å². The van der Waals surface area contributed by atoms with E-state index in [4.69, 9.17) is 5.73 Å².